The Balaban J connectivity index is 2.41. The number of quaternary nitrogens is 1. The van der Waals surface area contributed by atoms with Crippen LogP contribution >= 0.6 is 0 Å². The molecule has 0 radical (unpaired) electrons. The highest BCUT2D eigenvalue weighted by atomic mass is 16.5. The molecule has 1 aromatic carbocycles. The van der Waals surface area contributed by atoms with E-state index in [1.54, 1.807) is 5.32 Å². The van der Waals surface area contributed by atoms with E-state index >= 15 is 0 Å². The highest BCUT2D eigenvalue weighted by molar-refractivity contribution is 5.68. The van der Waals surface area contributed by atoms with E-state index in [0.29, 0.717) is 26.1 Å². The number of hydrogen-bond donors (Lipinski definition) is 2. The molecule has 0 bridgehead atoms. The summed E-state index contributed by atoms with van der Waals surface area (Å²) in [6.07, 6.45) is 0.609. The van der Waals surface area contributed by atoms with Crippen molar-refractivity contribution >= 4 is 11.6 Å². The maximum absolute atomic E-state index is 11.8. The van der Waals surface area contributed by atoms with Crippen molar-refractivity contribution in [1.82, 2.24) is 4.90 Å². The second-order valence-electron chi connectivity index (χ2n) is 5.42. The summed E-state index contributed by atoms with van der Waals surface area (Å²) in [6.45, 7) is 3.63. The number of carbonyl (C=O) groups is 1. The van der Waals surface area contributed by atoms with Crippen LogP contribution in [0.25, 0.3) is 0 Å². The van der Waals surface area contributed by atoms with Gasteiger partial charge in [-0.25, -0.2) is 4.79 Å². The molecule has 0 fully saturated rings. The van der Waals surface area contributed by atoms with E-state index in [9.17, 15) is 9.90 Å². The van der Waals surface area contributed by atoms with Crippen LogP contribution in [0.3, 0.4) is 0 Å². The van der Waals surface area contributed by atoms with Crippen LogP contribution in [-0.4, -0.2) is 55.9 Å². The molecule has 21 heavy (non-hydrogen) atoms. The minimum atomic E-state index is -0.485. The molecule has 0 saturated carbocycles. The summed E-state index contributed by atoms with van der Waals surface area (Å²) in [6, 6.07) is 7.72. The summed E-state index contributed by atoms with van der Waals surface area (Å²) < 4.78 is 5.19. The van der Waals surface area contributed by atoms with E-state index in [-0.39, 0.29) is 5.91 Å². The fourth-order valence-electron chi connectivity index (χ4n) is 1.93. The maximum Gasteiger partial charge on any atom is 0.316 e. The molecule has 118 valence electrons. The normalized spacial score (nSPS) is 12.6. The third-order valence-electron chi connectivity index (χ3n) is 3.10. The van der Waals surface area contributed by atoms with Gasteiger partial charge < -0.3 is 14.7 Å². The summed E-state index contributed by atoms with van der Waals surface area (Å²) in [5, 5.41) is 11.4. The average molecular weight is 295 g/mol. The third kappa shape index (κ3) is 7.92. The Kier molecular flexibility index (Phi) is 8.15. The van der Waals surface area contributed by atoms with Crippen molar-refractivity contribution < 1.29 is 20.0 Å². The second kappa shape index (κ2) is 9.63. The number of aliphatic hydroxyl groups excluding tert-OH is 1. The van der Waals surface area contributed by atoms with Crippen LogP contribution in [-0.2, 0) is 16.0 Å². The molecule has 5 heteroatoms. The van der Waals surface area contributed by atoms with Crippen LogP contribution in [0, 0.1) is 0 Å². The van der Waals surface area contributed by atoms with Gasteiger partial charge in [0.25, 0.3) is 0 Å². The van der Waals surface area contributed by atoms with Crippen molar-refractivity contribution in [3.05, 3.63) is 29.8 Å². The Morgan fingerprint density at radius 1 is 1.33 bits per heavy atom. The Hall–Kier alpha value is -1.27. The summed E-state index contributed by atoms with van der Waals surface area (Å²) in [7, 11) is 3.91. The number of nitrogens with two attached hydrogens (primary N) is 1. The fraction of sp³-hybridized carbons (Fsp3) is 0.562. The predicted molar refractivity (Wildman–Crippen MR) is 82.4 cm³/mol. The quantitative estimate of drug-likeness (QED) is 0.643. The van der Waals surface area contributed by atoms with E-state index in [2.05, 4.69) is 0 Å². The smallest absolute Gasteiger partial charge is 0.316 e. The van der Waals surface area contributed by atoms with Gasteiger partial charge in [-0.2, -0.15) is 0 Å². The number of primary amides is 1. The standard InChI is InChI=1S/C16H26N2O3/c1-4-21-12-15(19)11-13-5-7-14(8-6-13)17-16(20)9-10-18(2)3/h5-8,15,19H,4,9-12H2,1-3H3,(H,17,20)/p+1/t15-/m1/s1. The van der Waals surface area contributed by atoms with Gasteiger partial charge >= 0.3 is 5.91 Å². The maximum atomic E-state index is 11.8. The summed E-state index contributed by atoms with van der Waals surface area (Å²) in [5.74, 6) is 0.132. The Bertz CT molecular complexity index is 418. The predicted octanol–water partition coefficient (Wildman–Crippen LogP) is 0.300. The van der Waals surface area contributed by atoms with E-state index < -0.39 is 6.10 Å². The highest BCUT2D eigenvalue weighted by Gasteiger charge is 2.10. The molecular formula is C16H27N2O3+. The minimum Gasteiger partial charge on any atom is -0.390 e. The Labute approximate surface area is 126 Å². The Morgan fingerprint density at radius 2 is 2.00 bits per heavy atom. The number of rotatable bonds is 9. The lowest BCUT2D eigenvalue weighted by Crippen LogP contribution is -2.82. The van der Waals surface area contributed by atoms with Crippen LogP contribution in [0.5, 0.6) is 0 Å². The number of amides is 1. The molecule has 1 rings (SSSR count). The van der Waals surface area contributed by atoms with E-state index in [1.165, 1.54) is 0 Å². The summed E-state index contributed by atoms with van der Waals surface area (Å²) >= 11 is 0. The van der Waals surface area contributed by atoms with Crippen LogP contribution in [0.2, 0.25) is 0 Å². The fourth-order valence-corrected chi connectivity index (χ4v) is 1.93. The molecule has 0 aliphatic rings. The zero-order valence-electron chi connectivity index (χ0n) is 13.2. The van der Waals surface area contributed by atoms with Gasteiger partial charge in [0.15, 0.2) is 0 Å². The molecule has 0 spiro atoms. The lowest BCUT2D eigenvalue weighted by molar-refractivity contribution is -0.483. The molecule has 0 heterocycles. The number of carbonyl (C=O) groups excluding carboxylic acids is 1. The van der Waals surface area contributed by atoms with Crippen LogP contribution in [0.1, 0.15) is 18.9 Å². The molecule has 0 aliphatic carbocycles. The first-order chi connectivity index (χ1) is 10.0. The van der Waals surface area contributed by atoms with Crippen LogP contribution in [0.4, 0.5) is 5.69 Å². The highest BCUT2D eigenvalue weighted by Crippen LogP contribution is 2.07. The SMILES string of the molecule is CCOC[C@H](O)Cc1ccc([NH2+]C(=O)CCN(C)C)cc1. The molecule has 3 N–H and O–H groups in total. The van der Waals surface area contributed by atoms with E-state index in [4.69, 9.17) is 4.74 Å². The van der Waals surface area contributed by atoms with Gasteiger partial charge in [-0.3, -0.25) is 5.32 Å². The Morgan fingerprint density at radius 3 is 2.57 bits per heavy atom. The number of ether oxygens (including phenoxy) is 1. The first-order valence-electron chi connectivity index (χ1n) is 7.38. The van der Waals surface area contributed by atoms with Gasteiger partial charge in [-0.1, -0.05) is 12.1 Å². The number of benzene rings is 1. The van der Waals surface area contributed by atoms with Crippen molar-refractivity contribution in [3.8, 4) is 0 Å². The lowest BCUT2D eigenvalue weighted by Gasteiger charge is -2.10. The number of hydrogen-bond acceptors (Lipinski definition) is 4. The van der Waals surface area contributed by atoms with Crippen LogP contribution < -0.4 is 5.32 Å². The van der Waals surface area contributed by atoms with Crippen molar-refractivity contribution in [1.29, 1.82) is 0 Å². The zero-order valence-corrected chi connectivity index (χ0v) is 13.2. The molecule has 1 aromatic rings. The largest absolute Gasteiger partial charge is 0.390 e. The lowest BCUT2D eigenvalue weighted by atomic mass is 10.1. The van der Waals surface area contributed by atoms with Gasteiger partial charge in [0.2, 0.25) is 0 Å². The van der Waals surface area contributed by atoms with Crippen LogP contribution in [0.15, 0.2) is 24.3 Å². The van der Waals surface area contributed by atoms with Gasteiger partial charge in [-0.15, -0.1) is 0 Å². The zero-order chi connectivity index (χ0) is 15.7. The summed E-state index contributed by atoms with van der Waals surface area (Å²) in [4.78, 5) is 13.8. The van der Waals surface area contributed by atoms with Crippen molar-refractivity contribution in [2.75, 3.05) is 33.9 Å². The number of aliphatic hydroxyl groups is 1. The molecule has 0 aliphatic heterocycles. The first kappa shape index (κ1) is 17.8. The second-order valence-corrected chi connectivity index (χ2v) is 5.42. The average Bonchev–Trinajstić information content (AvgIpc) is 2.45. The van der Waals surface area contributed by atoms with Crippen molar-refractivity contribution in [3.63, 3.8) is 0 Å². The van der Waals surface area contributed by atoms with Gasteiger partial charge in [0.1, 0.15) is 5.69 Å². The van der Waals surface area contributed by atoms with Gasteiger partial charge in [0, 0.05) is 19.6 Å². The van der Waals surface area contributed by atoms with Gasteiger partial charge in [-0.05, 0) is 38.7 Å². The third-order valence-corrected chi connectivity index (χ3v) is 3.10. The molecule has 5 nitrogen and oxygen atoms in total. The number of nitrogens with zero attached hydrogens (tertiary/aromatic N) is 1. The monoisotopic (exact) mass is 295 g/mol. The summed E-state index contributed by atoms with van der Waals surface area (Å²) in [5.41, 5.74) is 1.95. The molecular weight excluding hydrogens is 268 g/mol. The molecule has 0 unspecified atom stereocenters. The topological polar surface area (TPSA) is 66.4 Å². The van der Waals surface area contributed by atoms with Crippen molar-refractivity contribution in [2.24, 2.45) is 0 Å². The van der Waals surface area contributed by atoms with E-state index in [0.717, 1.165) is 17.8 Å². The molecule has 0 saturated heterocycles. The first-order valence-corrected chi connectivity index (χ1v) is 7.38. The van der Waals surface area contributed by atoms with Gasteiger partial charge in [0.05, 0.1) is 19.1 Å². The molecule has 0 aromatic heterocycles. The molecule has 1 atom stereocenters. The molecule has 1 amide bonds. The minimum absolute atomic E-state index is 0.132. The van der Waals surface area contributed by atoms with Crippen molar-refractivity contribution in [2.45, 2.75) is 25.9 Å². The van der Waals surface area contributed by atoms with E-state index in [1.807, 2.05) is 50.2 Å².